The molecule has 0 aliphatic carbocycles. The van der Waals surface area contributed by atoms with E-state index in [0.29, 0.717) is 28.4 Å². The number of nitrogens with zero attached hydrogens (tertiary/aromatic N) is 1. The number of rotatable bonds is 4. The van der Waals surface area contributed by atoms with Crippen LogP contribution in [0.5, 0.6) is 11.5 Å². The smallest absolute Gasteiger partial charge is 0.255 e. The number of carbonyl (C=O) groups excluding carboxylic acids is 2. The number of nitrogens with one attached hydrogen (secondary N) is 2. The van der Waals surface area contributed by atoms with Gasteiger partial charge in [0.2, 0.25) is 5.91 Å². The monoisotopic (exact) mass is 367 g/mol. The Kier molecular flexibility index (Phi) is 4.35. The Bertz CT molecular complexity index is 912. The summed E-state index contributed by atoms with van der Waals surface area (Å²) >= 11 is 0. The first-order valence-corrected chi connectivity index (χ1v) is 8.85. The molecule has 7 heteroatoms. The fourth-order valence-electron chi connectivity index (χ4n) is 3.67. The van der Waals surface area contributed by atoms with Gasteiger partial charge in [0.25, 0.3) is 5.91 Å². The van der Waals surface area contributed by atoms with Gasteiger partial charge in [-0.3, -0.25) is 9.59 Å². The molecule has 2 heterocycles. The van der Waals surface area contributed by atoms with Crippen molar-refractivity contribution in [2.75, 3.05) is 36.3 Å². The normalized spacial score (nSPS) is 17.6. The Morgan fingerprint density at radius 2 is 2.04 bits per heavy atom. The first-order chi connectivity index (χ1) is 13.1. The number of carbonyl (C=O) groups is 2. The fourth-order valence-corrected chi connectivity index (χ4v) is 3.67. The lowest BCUT2D eigenvalue weighted by molar-refractivity contribution is -0.117. The lowest BCUT2D eigenvalue weighted by Gasteiger charge is -2.33. The molecule has 0 saturated carbocycles. The van der Waals surface area contributed by atoms with Gasteiger partial charge in [0, 0.05) is 18.2 Å². The van der Waals surface area contributed by atoms with Crippen molar-refractivity contribution < 1.29 is 19.1 Å². The van der Waals surface area contributed by atoms with Crippen LogP contribution >= 0.6 is 0 Å². The molecule has 1 atom stereocenters. The average molecular weight is 367 g/mol. The standard InChI is InChI=1S/C20H21N3O4/c1-26-13-6-7-14(18(11-13)27-2)21-19(24)12-5-8-16-15(10-12)22-20(25)17-4-3-9-23(16)17/h5-8,10-11,17H,3-4,9H2,1-2H3,(H,21,24)(H,22,25). The molecule has 2 aromatic carbocycles. The van der Waals surface area contributed by atoms with Gasteiger partial charge in [-0.1, -0.05) is 0 Å². The molecule has 0 bridgehead atoms. The highest BCUT2D eigenvalue weighted by atomic mass is 16.5. The van der Waals surface area contributed by atoms with E-state index in [0.717, 1.165) is 25.1 Å². The van der Waals surface area contributed by atoms with Crippen molar-refractivity contribution >= 4 is 28.9 Å². The fraction of sp³-hybridized carbons (Fsp3) is 0.300. The van der Waals surface area contributed by atoms with Gasteiger partial charge in [0.1, 0.15) is 17.5 Å². The molecule has 27 heavy (non-hydrogen) atoms. The van der Waals surface area contributed by atoms with E-state index in [1.807, 2.05) is 6.07 Å². The number of anilines is 3. The minimum absolute atomic E-state index is 0.00520. The van der Waals surface area contributed by atoms with Gasteiger partial charge in [-0.05, 0) is 43.2 Å². The Morgan fingerprint density at radius 1 is 1.19 bits per heavy atom. The lowest BCUT2D eigenvalue weighted by atomic mass is 10.1. The van der Waals surface area contributed by atoms with Gasteiger partial charge in [-0.15, -0.1) is 0 Å². The Morgan fingerprint density at radius 3 is 2.81 bits per heavy atom. The van der Waals surface area contributed by atoms with Crippen molar-refractivity contribution in [1.29, 1.82) is 0 Å². The van der Waals surface area contributed by atoms with E-state index in [1.165, 1.54) is 7.11 Å². The molecule has 0 aromatic heterocycles. The molecule has 1 saturated heterocycles. The van der Waals surface area contributed by atoms with Gasteiger partial charge in [0.15, 0.2) is 0 Å². The summed E-state index contributed by atoms with van der Waals surface area (Å²) in [4.78, 5) is 27.1. The molecular formula is C20H21N3O4. The molecule has 4 rings (SSSR count). The summed E-state index contributed by atoms with van der Waals surface area (Å²) < 4.78 is 10.5. The van der Waals surface area contributed by atoms with Crippen LogP contribution < -0.4 is 25.0 Å². The first kappa shape index (κ1) is 17.2. The van der Waals surface area contributed by atoms with Crippen LogP contribution in [0.3, 0.4) is 0 Å². The van der Waals surface area contributed by atoms with E-state index < -0.39 is 0 Å². The summed E-state index contributed by atoms with van der Waals surface area (Å²) in [6.45, 7) is 0.861. The van der Waals surface area contributed by atoms with Gasteiger partial charge < -0.3 is 25.0 Å². The highest BCUT2D eigenvalue weighted by Crippen LogP contribution is 2.37. The lowest BCUT2D eigenvalue weighted by Crippen LogP contribution is -2.43. The zero-order chi connectivity index (χ0) is 19.0. The van der Waals surface area contributed by atoms with E-state index >= 15 is 0 Å². The number of methoxy groups -OCH3 is 2. The maximum Gasteiger partial charge on any atom is 0.255 e. The van der Waals surface area contributed by atoms with Crippen molar-refractivity contribution in [3.05, 3.63) is 42.0 Å². The van der Waals surface area contributed by atoms with Crippen LogP contribution in [0.1, 0.15) is 23.2 Å². The maximum absolute atomic E-state index is 12.7. The zero-order valence-corrected chi connectivity index (χ0v) is 15.2. The number of ether oxygens (including phenoxy) is 2. The summed E-state index contributed by atoms with van der Waals surface area (Å²) in [5.74, 6) is 0.865. The molecule has 0 spiro atoms. The Labute approximate surface area is 157 Å². The minimum Gasteiger partial charge on any atom is -0.497 e. The number of benzene rings is 2. The third-order valence-corrected chi connectivity index (χ3v) is 5.04. The summed E-state index contributed by atoms with van der Waals surface area (Å²) in [5, 5.41) is 5.77. The number of hydrogen-bond donors (Lipinski definition) is 2. The second-order valence-electron chi connectivity index (χ2n) is 6.59. The van der Waals surface area contributed by atoms with Crippen molar-refractivity contribution in [2.45, 2.75) is 18.9 Å². The Balaban J connectivity index is 1.59. The zero-order valence-electron chi connectivity index (χ0n) is 15.2. The average Bonchev–Trinajstić information content (AvgIpc) is 3.18. The van der Waals surface area contributed by atoms with E-state index in [2.05, 4.69) is 15.5 Å². The summed E-state index contributed by atoms with van der Waals surface area (Å²) in [7, 11) is 3.10. The van der Waals surface area contributed by atoms with Crippen LogP contribution in [0.4, 0.5) is 17.1 Å². The second kappa shape index (κ2) is 6.83. The summed E-state index contributed by atoms with van der Waals surface area (Å²) in [6.07, 6.45) is 1.86. The third kappa shape index (κ3) is 3.05. The van der Waals surface area contributed by atoms with Crippen LogP contribution in [0.15, 0.2) is 36.4 Å². The topological polar surface area (TPSA) is 79.9 Å². The van der Waals surface area contributed by atoms with Crippen molar-refractivity contribution in [3.8, 4) is 11.5 Å². The predicted octanol–water partition coefficient (Wildman–Crippen LogP) is 2.88. The van der Waals surface area contributed by atoms with E-state index in [4.69, 9.17) is 9.47 Å². The highest BCUT2D eigenvalue weighted by Gasteiger charge is 2.36. The van der Waals surface area contributed by atoms with E-state index in [-0.39, 0.29) is 17.9 Å². The first-order valence-electron chi connectivity index (χ1n) is 8.85. The number of fused-ring (bicyclic) bond motifs is 3. The molecular weight excluding hydrogens is 346 g/mol. The van der Waals surface area contributed by atoms with Crippen molar-refractivity contribution in [1.82, 2.24) is 0 Å². The molecule has 2 aliphatic heterocycles. The summed E-state index contributed by atoms with van der Waals surface area (Å²) in [5.41, 5.74) is 2.65. The summed E-state index contributed by atoms with van der Waals surface area (Å²) in [6, 6.07) is 10.5. The number of hydrogen-bond acceptors (Lipinski definition) is 5. The molecule has 1 fully saturated rings. The Hall–Kier alpha value is -3.22. The van der Waals surface area contributed by atoms with Crippen LogP contribution in [-0.4, -0.2) is 38.6 Å². The minimum atomic E-state index is -0.279. The van der Waals surface area contributed by atoms with Crippen molar-refractivity contribution in [2.24, 2.45) is 0 Å². The van der Waals surface area contributed by atoms with E-state index in [9.17, 15) is 9.59 Å². The van der Waals surface area contributed by atoms with Crippen molar-refractivity contribution in [3.63, 3.8) is 0 Å². The van der Waals surface area contributed by atoms with E-state index in [1.54, 1.807) is 37.4 Å². The largest absolute Gasteiger partial charge is 0.497 e. The van der Waals surface area contributed by atoms with Gasteiger partial charge in [-0.2, -0.15) is 0 Å². The molecule has 140 valence electrons. The SMILES string of the molecule is COc1ccc(NC(=O)c2ccc3c(c2)NC(=O)C2CCCN32)c(OC)c1. The third-order valence-electron chi connectivity index (χ3n) is 5.04. The van der Waals surface area contributed by atoms with Gasteiger partial charge >= 0.3 is 0 Å². The van der Waals surface area contributed by atoms with Gasteiger partial charge in [-0.25, -0.2) is 0 Å². The quantitative estimate of drug-likeness (QED) is 0.869. The predicted molar refractivity (Wildman–Crippen MR) is 103 cm³/mol. The number of amides is 2. The van der Waals surface area contributed by atoms with Crippen LogP contribution in [0, 0.1) is 0 Å². The molecule has 2 N–H and O–H groups in total. The molecule has 2 amide bonds. The van der Waals surface area contributed by atoms with Gasteiger partial charge in [0.05, 0.1) is 31.3 Å². The van der Waals surface area contributed by atoms with Crippen LogP contribution in [0.25, 0.3) is 0 Å². The maximum atomic E-state index is 12.7. The molecule has 1 unspecified atom stereocenters. The molecule has 2 aliphatic rings. The molecule has 0 radical (unpaired) electrons. The molecule has 2 aromatic rings. The van der Waals surface area contributed by atoms with Crippen LogP contribution in [-0.2, 0) is 4.79 Å². The second-order valence-corrected chi connectivity index (χ2v) is 6.59. The molecule has 7 nitrogen and oxygen atoms in total. The highest BCUT2D eigenvalue weighted by molar-refractivity contribution is 6.09. The van der Waals surface area contributed by atoms with Crippen LogP contribution in [0.2, 0.25) is 0 Å².